The number of methoxy groups -OCH3 is 1. The van der Waals surface area contributed by atoms with Crippen molar-refractivity contribution in [2.75, 3.05) is 32.1 Å². The lowest BCUT2D eigenvalue weighted by Gasteiger charge is -2.40. The first-order chi connectivity index (χ1) is 15.4. The third kappa shape index (κ3) is 3.25. The molecule has 2 aromatic rings. The highest BCUT2D eigenvalue weighted by Crippen LogP contribution is 2.35. The fourth-order valence-electron chi connectivity index (χ4n) is 4.43. The van der Waals surface area contributed by atoms with Crippen molar-refractivity contribution in [3.05, 3.63) is 58.1 Å². The van der Waals surface area contributed by atoms with E-state index in [2.05, 4.69) is 0 Å². The maximum atomic E-state index is 13.5. The highest BCUT2D eigenvalue weighted by atomic mass is 35.5. The van der Waals surface area contributed by atoms with Crippen LogP contribution >= 0.6 is 23.2 Å². The van der Waals surface area contributed by atoms with Crippen LogP contribution in [0.4, 0.5) is 10.5 Å². The van der Waals surface area contributed by atoms with E-state index < -0.39 is 18.2 Å². The molecule has 5 rings (SSSR count). The summed E-state index contributed by atoms with van der Waals surface area (Å²) in [4.78, 5) is 38.1. The molecule has 2 saturated heterocycles. The van der Waals surface area contributed by atoms with E-state index in [0.29, 0.717) is 34.7 Å². The lowest BCUT2D eigenvalue weighted by atomic mass is 10.1. The summed E-state index contributed by atoms with van der Waals surface area (Å²) in [7, 11) is 3.29. The lowest BCUT2D eigenvalue weighted by Crippen LogP contribution is -2.64. The second-order valence-corrected chi connectivity index (χ2v) is 8.73. The van der Waals surface area contributed by atoms with Crippen molar-refractivity contribution < 1.29 is 14.3 Å². The number of hydrogen-bond acceptors (Lipinski definition) is 6. The Labute approximate surface area is 195 Å². The predicted octanol–water partition coefficient (Wildman–Crippen LogP) is 3.28. The van der Waals surface area contributed by atoms with Crippen molar-refractivity contribution in [1.82, 2.24) is 14.7 Å². The molecule has 0 aromatic heterocycles. The van der Waals surface area contributed by atoms with Crippen LogP contribution in [0.3, 0.4) is 0 Å². The normalized spacial score (nSPS) is 22.3. The van der Waals surface area contributed by atoms with Crippen LogP contribution in [0, 0.1) is 0 Å². The average molecular weight is 474 g/mol. The van der Waals surface area contributed by atoms with E-state index in [0.717, 1.165) is 11.4 Å². The largest absolute Gasteiger partial charge is 0.497 e. The standard InChI is InChI=1S/C22H21Cl2N5O3/c1-26-19-18(20(30)29(22(26)31)12-13-6-7-14(23)10-17(13)24)28-9-8-27(21(28)25-19)15-4-3-5-16(11-15)32-2/h3-7,10-11,18-19H,8-9,12H2,1-2H3. The number of carbonyl (C=O) groups is 2. The number of ether oxygens (including phenoxy) is 1. The Bertz CT molecular complexity index is 1140. The Morgan fingerprint density at radius 2 is 1.94 bits per heavy atom. The molecule has 3 aliphatic heterocycles. The maximum absolute atomic E-state index is 13.5. The molecule has 2 unspecified atom stereocenters. The molecule has 0 aliphatic carbocycles. The van der Waals surface area contributed by atoms with Crippen molar-refractivity contribution in [1.29, 1.82) is 0 Å². The SMILES string of the molecule is COc1cccc(N2CCN3C2=NC2C3C(=O)N(Cc3ccc(Cl)cc3Cl)C(=O)N2C)c1. The van der Waals surface area contributed by atoms with E-state index in [1.165, 1.54) is 9.80 Å². The molecule has 166 valence electrons. The molecule has 2 aromatic carbocycles. The van der Waals surface area contributed by atoms with Gasteiger partial charge in [0, 0.05) is 41.9 Å². The van der Waals surface area contributed by atoms with Gasteiger partial charge in [0.1, 0.15) is 5.75 Å². The van der Waals surface area contributed by atoms with Gasteiger partial charge < -0.3 is 19.4 Å². The molecule has 0 radical (unpaired) electrons. The van der Waals surface area contributed by atoms with Crippen LogP contribution in [0.2, 0.25) is 10.0 Å². The van der Waals surface area contributed by atoms with Gasteiger partial charge in [-0.3, -0.25) is 9.69 Å². The minimum absolute atomic E-state index is 0.0734. The molecular weight excluding hydrogens is 453 g/mol. The van der Waals surface area contributed by atoms with Gasteiger partial charge in [-0.2, -0.15) is 0 Å². The van der Waals surface area contributed by atoms with Crippen LogP contribution < -0.4 is 9.64 Å². The summed E-state index contributed by atoms with van der Waals surface area (Å²) in [6.45, 7) is 1.38. The topological polar surface area (TPSA) is 68.7 Å². The van der Waals surface area contributed by atoms with Crippen molar-refractivity contribution >= 4 is 46.8 Å². The summed E-state index contributed by atoms with van der Waals surface area (Å²) in [5.41, 5.74) is 1.58. The number of carbonyl (C=O) groups excluding carboxylic acids is 2. The monoisotopic (exact) mass is 473 g/mol. The zero-order chi connectivity index (χ0) is 22.6. The molecule has 10 heteroatoms. The Morgan fingerprint density at radius 1 is 1.12 bits per heavy atom. The van der Waals surface area contributed by atoms with E-state index in [4.69, 9.17) is 32.9 Å². The third-order valence-corrected chi connectivity index (χ3v) is 6.67. The molecule has 0 spiro atoms. The van der Waals surface area contributed by atoms with Gasteiger partial charge in [0.15, 0.2) is 12.2 Å². The Hall–Kier alpha value is -2.97. The van der Waals surface area contributed by atoms with E-state index in [1.54, 1.807) is 32.4 Å². The average Bonchev–Trinajstić information content (AvgIpc) is 3.36. The highest BCUT2D eigenvalue weighted by Gasteiger charge is 2.54. The molecular formula is C22H21Cl2N5O3. The summed E-state index contributed by atoms with van der Waals surface area (Å²) in [5, 5.41) is 0.910. The molecule has 0 bridgehead atoms. The quantitative estimate of drug-likeness (QED) is 0.681. The molecule has 3 amide bonds. The van der Waals surface area contributed by atoms with Crippen LogP contribution in [0.5, 0.6) is 5.75 Å². The maximum Gasteiger partial charge on any atom is 0.328 e. The third-order valence-electron chi connectivity index (χ3n) is 6.09. The van der Waals surface area contributed by atoms with Gasteiger partial charge in [0.2, 0.25) is 5.96 Å². The van der Waals surface area contributed by atoms with Gasteiger partial charge >= 0.3 is 6.03 Å². The molecule has 0 N–H and O–H groups in total. The number of likely N-dealkylation sites (N-methyl/N-ethyl adjacent to an activating group) is 1. The van der Waals surface area contributed by atoms with Gasteiger partial charge in [0.25, 0.3) is 5.91 Å². The van der Waals surface area contributed by atoms with Crippen LogP contribution in [0.15, 0.2) is 47.5 Å². The van der Waals surface area contributed by atoms with E-state index in [9.17, 15) is 9.59 Å². The van der Waals surface area contributed by atoms with Crippen LogP contribution in [0.25, 0.3) is 0 Å². The summed E-state index contributed by atoms with van der Waals surface area (Å²) in [6.07, 6.45) is -0.574. The molecule has 2 fully saturated rings. The number of amides is 3. The van der Waals surface area contributed by atoms with E-state index >= 15 is 0 Å². The molecule has 3 aliphatic rings. The number of hydrogen-bond donors (Lipinski definition) is 0. The second kappa shape index (κ2) is 7.86. The molecule has 8 nitrogen and oxygen atoms in total. The van der Waals surface area contributed by atoms with Gasteiger partial charge in [-0.1, -0.05) is 35.3 Å². The lowest BCUT2D eigenvalue weighted by molar-refractivity contribution is -0.137. The van der Waals surface area contributed by atoms with Crippen molar-refractivity contribution in [3.63, 3.8) is 0 Å². The number of nitrogens with zero attached hydrogens (tertiary/aromatic N) is 5. The fraction of sp³-hybridized carbons (Fsp3) is 0.318. The fourth-order valence-corrected chi connectivity index (χ4v) is 4.89. The Kier molecular flexibility index (Phi) is 5.14. The number of rotatable bonds is 4. The van der Waals surface area contributed by atoms with Gasteiger partial charge in [-0.25, -0.2) is 9.79 Å². The number of aliphatic imine (C=N–C) groups is 1. The second-order valence-electron chi connectivity index (χ2n) is 7.89. The molecule has 0 saturated carbocycles. The Balaban J connectivity index is 1.43. The van der Waals surface area contributed by atoms with Crippen LogP contribution in [-0.4, -0.2) is 72.1 Å². The van der Waals surface area contributed by atoms with E-state index in [-0.39, 0.29) is 12.5 Å². The number of imide groups is 1. The predicted molar refractivity (Wildman–Crippen MR) is 122 cm³/mol. The molecule has 2 atom stereocenters. The van der Waals surface area contributed by atoms with Gasteiger partial charge in [-0.05, 0) is 29.8 Å². The summed E-state index contributed by atoms with van der Waals surface area (Å²) in [6, 6.07) is 11.7. The Morgan fingerprint density at radius 3 is 2.69 bits per heavy atom. The highest BCUT2D eigenvalue weighted by molar-refractivity contribution is 6.35. The number of halogens is 2. The van der Waals surface area contributed by atoms with Crippen molar-refractivity contribution in [3.8, 4) is 5.75 Å². The first kappa shape index (κ1) is 20.9. The minimum atomic E-state index is -0.575. The first-order valence-electron chi connectivity index (χ1n) is 10.2. The van der Waals surface area contributed by atoms with Gasteiger partial charge in [-0.15, -0.1) is 0 Å². The number of fused-ring (bicyclic) bond motifs is 3. The van der Waals surface area contributed by atoms with Crippen LogP contribution in [-0.2, 0) is 11.3 Å². The van der Waals surface area contributed by atoms with Gasteiger partial charge in [0.05, 0.1) is 13.7 Å². The number of urea groups is 1. The smallest absolute Gasteiger partial charge is 0.328 e. The zero-order valence-electron chi connectivity index (χ0n) is 17.5. The molecule has 3 heterocycles. The summed E-state index contributed by atoms with van der Waals surface area (Å²) in [5.74, 6) is 1.15. The first-order valence-corrected chi connectivity index (χ1v) is 10.9. The minimum Gasteiger partial charge on any atom is -0.497 e. The number of anilines is 1. The molecule has 32 heavy (non-hydrogen) atoms. The summed E-state index contributed by atoms with van der Waals surface area (Å²) < 4.78 is 5.34. The van der Waals surface area contributed by atoms with E-state index in [1.807, 2.05) is 34.1 Å². The van der Waals surface area contributed by atoms with Crippen LogP contribution in [0.1, 0.15) is 5.56 Å². The zero-order valence-corrected chi connectivity index (χ0v) is 19.0. The number of guanidine groups is 1. The number of benzene rings is 2. The summed E-state index contributed by atoms with van der Waals surface area (Å²) >= 11 is 12.3. The van der Waals surface area contributed by atoms with Crippen molar-refractivity contribution in [2.24, 2.45) is 4.99 Å². The van der Waals surface area contributed by atoms with Crippen molar-refractivity contribution in [2.45, 2.75) is 18.8 Å².